The number of rotatable bonds is 4. The van der Waals surface area contributed by atoms with Gasteiger partial charge in [0.15, 0.2) is 0 Å². The van der Waals surface area contributed by atoms with Crippen molar-refractivity contribution >= 4 is 50.5 Å². The summed E-state index contributed by atoms with van der Waals surface area (Å²) in [5.41, 5.74) is 0.827. The largest absolute Gasteiger partial charge is 0.342 e. The van der Waals surface area contributed by atoms with Gasteiger partial charge in [0.2, 0.25) is 5.91 Å². The van der Waals surface area contributed by atoms with Gasteiger partial charge in [0.1, 0.15) is 10.7 Å². The SMILES string of the molecule is Cc1ccc(NC(=O)CNC(=O)c2sc3ccccc3c2Cl)cc1F. The molecule has 2 amide bonds. The second kappa shape index (κ2) is 7.21. The number of aryl methyl sites for hydroxylation is 1. The van der Waals surface area contributed by atoms with Crippen LogP contribution in [0.4, 0.5) is 10.1 Å². The minimum atomic E-state index is -0.450. The average molecular weight is 377 g/mol. The zero-order valence-electron chi connectivity index (χ0n) is 13.2. The molecule has 4 nitrogen and oxygen atoms in total. The van der Waals surface area contributed by atoms with Gasteiger partial charge in [-0.3, -0.25) is 9.59 Å². The highest BCUT2D eigenvalue weighted by atomic mass is 35.5. The van der Waals surface area contributed by atoms with E-state index in [1.54, 1.807) is 19.1 Å². The third kappa shape index (κ3) is 3.81. The van der Waals surface area contributed by atoms with Crippen molar-refractivity contribution in [3.63, 3.8) is 0 Å². The van der Waals surface area contributed by atoms with Gasteiger partial charge in [0, 0.05) is 15.8 Å². The molecule has 0 aliphatic carbocycles. The van der Waals surface area contributed by atoms with E-state index >= 15 is 0 Å². The van der Waals surface area contributed by atoms with Crippen molar-refractivity contribution in [3.05, 3.63) is 63.7 Å². The molecular formula is C18H14ClFN2O2S. The van der Waals surface area contributed by atoms with E-state index in [-0.39, 0.29) is 6.54 Å². The first-order valence-corrected chi connectivity index (χ1v) is 8.66. The number of anilines is 1. The summed E-state index contributed by atoms with van der Waals surface area (Å²) < 4.78 is 14.4. The van der Waals surface area contributed by atoms with Gasteiger partial charge in [0.25, 0.3) is 5.91 Å². The summed E-state index contributed by atoms with van der Waals surface area (Å²) in [6.07, 6.45) is 0. The maximum absolute atomic E-state index is 13.5. The number of benzene rings is 2. The van der Waals surface area contributed by atoms with Crippen LogP contribution >= 0.6 is 22.9 Å². The zero-order valence-corrected chi connectivity index (χ0v) is 14.8. The Morgan fingerprint density at radius 1 is 1.20 bits per heavy atom. The number of hydrogen-bond acceptors (Lipinski definition) is 3. The molecule has 0 radical (unpaired) electrons. The molecule has 1 heterocycles. The molecule has 128 valence electrons. The van der Waals surface area contributed by atoms with Crippen LogP contribution in [0, 0.1) is 12.7 Å². The second-order valence-corrected chi connectivity index (χ2v) is 6.87. The second-order valence-electron chi connectivity index (χ2n) is 5.44. The third-order valence-corrected chi connectivity index (χ3v) is 5.28. The van der Waals surface area contributed by atoms with Crippen molar-refractivity contribution in [3.8, 4) is 0 Å². The molecule has 0 bridgehead atoms. The van der Waals surface area contributed by atoms with Crippen LogP contribution in [0.3, 0.4) is 0 Å². The molecule has 3 rings (SSSR count). The average Bonchev–Trinajstić information content (AvgIpc) is 2.93. The number of carbonyl (C=O) groups is 2. The molecule has 0 spiro atoms. The van der Waals surface area contributed by atoms with Crippen LogP contribution in [-0.2, 0) is 4.79 Å². The Labute approximate surface area is 152 Å². The smallest absolute Gasteiger partial charge is 0.263 e. The van der Waals surface area contributed by atoms with Gasteiger partial charge in [-0.05, 0) is 30.7 Å². The fourth-order valence-corrected chi connectivity index (χ4v) is 3.71. The number of halogens is 2. The molecule has 3 aromatic rings. The molecule has 0 unspecified atom stereocenters. The van der Waals surface area contributed by atoms with Gasteiger partial charge >= 0.3 is 0 Å². The van der Waals surface area contributed by atoms with Gasteiger partial charge in [-0.15, -0.1) is 11.3 Å². The summed E-state index contributed by atoms with van der Waals surface area (Å²) in [7, 11) is 0. The monoisotopic (exact) mass is 376 g/mol. The number of fused-ring (bicyclic) bond motifs is 1. The number of amides is 2. The van der Waals surface area contributed by atoms with Gasteiger partial charge in [-0.1, -0.05) is 35.9 Å². The quantitative estimate of drug-likeness (QED) is 0.710. The fraction of sp³-hybridized carbons (Fsp3) is 0.111. The number of carbonyl (C=O) groups excluding carboxylic acids is 2. The summed E-state index contributed by atoms with van der Waals surface area (Å²) in [4.78, 5) is 24.5. The molecule has 0 saturated heterocycles. The van der Waals surface area contributed by atoms with Crippen LogP contribution in [0.15, 0.2) is 42.5 Å². The van der Waals surface area contributed by atoms with E-state index in [0.717, 1.165) is 10.1 Å². The molecule has 25 heavy (non-hydrogen) atoms. The lowest BCUT2D eigenvalue weighted by Gasteiger charge is -2.07. The first-order chi connectivity index (χ1) is 12.0. The van der Waals surface area contributed by atoms with E-state index < -0.39 is 17.6 Å². The van der Waals surface area contributed by atoms with Crippen LogP contribution in [-0.4, -0.2) is 18.4 Å². The Balaban J connectivity index is 1.64. The van der Waals surface area contributed by atoms with Crippen molar-refractivity contribution in [1.82, 2.24) is 5.32 Å². The van der Waals surface area contributed by atoms with Crippen molar-refractivity contribution in [2.75, 3.05) is 11.9 Å². The maximum Gasteiger partial charge on any atom is 0.263 e. The molecule has 0 saturated carbocycles. The normalized spacial score (nSPS) is 10.7. The summed E-state index contributed by atoms with van der Waals surface area (Å²) in [6, 6.07) is 11.8. The predicted molar refractivity (Wildman–Crippen MR) is 98.9 cm³/mol. The topological polar surface area (TPSA) is 58.2 Å². The van der Waals surface area contributed by atoms with E-state index in [1.807, 2.05) is 24.3 Å². The lowest BCUT2D eigenvalue weighted by molar-refractivity contribution is -0.115. The van der Waals surface area contributed by atoms with Gasteiger partial charge < -0.3 is 10.6 Å². The van der Waals surface area contributed by atoms with E-state index in [0.29, 0.717) is 21.2 Å². The summed E-state index contributed by atoms with van der Waals surface area (Å²) in [5.74, 6) is -1.27. The first kappa shape index (κ1) is 17.4. The standard InChI is InChI=1S/C18H14ClFN2O2S/c1-10-6-7-11(8-13(10)20)22-15(23)9-21-18(24)17-16(19)12-4-2-3-5-14(12)25-17/h2-8H,9H2,1H3,(H,21,24)(H,22,23). The number of hydrogen-bond donors (Lipinski definition) is 2. The lowest BCUT2D eigenvalue weighted by atomic mass is 10.2. The number of nitrogens with one attached hydrogen (secondary N) is 2. The molecule has 0 aliphatic heterocycles. The highest BCUT2D eigenvalue weighted by Gasteiger charge is 2.17. The van der Waals surface area contributed by atoms with Crippen LogP contribution < -0.4 is 10.6 Å². The van der Waals surface area contributed by atoms with Crippen molar-refractivity contribution in [2.45, 2.75) is 6.92 Å². The molecule has 0 aliphatic rings. The van der Waals surface area contributed by atoms with Crippen LogP contribution in [0.5, 0.6) is 0 Å². The van der Waals surface area contributed by atoms with E-state index in [1.165, 1.54) is 17.4 Å². The first-order valence-electron chi connectivity index (χ1n) is 7.47. The summed E-state index contributed by atoms with van der Waals surface area (Å²) in [5, 5.41) is 6.24. The maximum atomic E-state index is 13.5. The van der Waals surface area contributed by atoms with Crippen molar-refractivity contribution in [2.24, 2.45) is 0 Å². The molecule has 0 atom stereocenters. The Morgan fingerprint density at radius 2 is 1.96 bits per heavy atom. The Bertz CT molecular complexity index is 971. The highest BCUT2D eigenvalue weighted by molar-refractivity contribution is 7.21. The van der Waals surface area contributed by atoms with Crippen molar-refractivity contribution < 1.29 is 14.0 Å². The van der Waals surface area contributed by atoms with Crippen LogP contribution in [0.2, 0.25) is 5.02 Å². The van der Waals surface area contributed by atoms with Crippen molar-refractivity contribution in [1.29, 1.82) is 0 Å². The van der Waals surface area contributed by atoms with Gasteiger partial charge in [-0.2, -0.15) is 0 Å². The Hall–Kier alpha value is -2.44. The fourth-order valence-electron chi connectivity index (χ4n) is 2.28. The third-order valence-electron chi connectivity index (χ3n) is 3.61. The van der Waals surface area contributed by atoms with Crippen LogP contribution in [0.25, 0.3) is 10.1 Å². The molecule has 2 aromatic carbocycles. The lowest BCUT2D eigenvalue weighted by Crippen LogP contribution is -2.32. The molecule has 7 heteroatoms. The van der Waals surface area contributed by atoms with E-state index in [4.69, 9.17) is 11.6 Å². The summed E-state index contributed by atoms with van der Waals surface area (Å²) >= 11 is 7.50. The van der Waals surface area contributed by atoms with E-state index in [9.17, 15) is 14.0 Å². The molecule has 2 N–H and O–H groups in total. The van der Waals surface area contributed by atoms with Crippen LogP contribution in [0.1, 0.15) is 15.2 Å². The predicted octanol–water partition coefficient (Wildman–Crippen LogP) is 4.37. The number of thiophene rings is 1. The zero-order chi connectivity index (χ0) is 18.0. The highest BCUT2D eigenvalue weighted by Crippen LogP contribution is 2.34. The summed E-state index contributed by atoms with van der Waals surface area (Å²) in [6.45, 7) is 1.40. The Morgan fingerprint density at radius 3 is 2.68 bits per heavy atom. The van der Waals surface area contributed by atoms with Gasteiger partial charge in [-0.25, -0.2) is 4.39 Å². The minimum Gasteiger partial charge on any atom is -0.342 e. The molecule has 0 fully saturated rings. The van der Waals surface area contributed by atoms with E-state index in [2.05, 4.69) is 10.6 Å². The molecule has 1 aromatic heterocycles. The molecular weight excluding hydrogens is 363 g/mol. The van der Waals surface area contributed by atoms with Gasteiger partial charge in [0.05, 0.1) is 11.6 Å². The Kier molecular flexibility index (Phi) is 5.01. The minimum absolute atomic E-state index is 0.237.